The van der Waals surface area contributed by atoms with Crippen molar-refractivity contribution in [3.8, 4) is 5.88 Å². The number of rotatable bonds is 8. The number of likely N-dealkylation sites (tertiary alicyclic amines) is 1. The van der Waals surface area contributed by atoms with Crippen molar-refractivity contribution in [3.63, 3.8) is 0 Å². The van der Waals surface area contributed by atoms with E-state index in [1.165, 1.54) is 18.1 Å². The third kappa shape index (κ3) is 6.50. The summed E-state index contributed by atoms with van der Waals surface area (Å²) in [5, 5.41) is 11.7. The molecule has 3 N–H and O–H groups in total. The van der Waals surface area contributed by atoms with Gasteiger partial charge in [-0.05, 0) is 66.3 Å². The Labute approximate surface area is 253 Å². The van der Waals surface area contributed by atoms with Crippen LogP contribution in [0.15, 0.2) is 113 Å². The Kier molecular flexibility index (Phi) is 8.06. The fourth-order valence-corrected chi connectivity index (χ4v) is 7.21. The van der Waals surface area contributed by atoms with Crippen molar-refractivity contribution in [1.29, 1.82) is 0 Å². The number of nitrogens with zero attached hydrogens (tertiary/aromatic N) is 2. The zero-order chi connectivity index (χ0) is 30.0. The molecule has 2 unspecified atom stereocenters. The van der Waals surface area contributed by atoms with Crippen molar-refractivity contribution in [2.75, 3.05) is 17.8 Å². The highest BCUT2D eigenvalue weighted by molar-refractivity contribution is 7.92. The summed E-state index contributed by atoms with van der Waals surface area (Å²) in [6.07, 6.45) is 1.28. The normalized spacial score (nSPS) is 18.1. The number of anilines is 1. The van der Waals surface area contributed by atoms with Crippen LogP contribution < -0.4 is 4.72 Å². The van der Waals surface area contributed by atoms with Crippen LogP contribution in [0, 0.1) is 11.8 Å². The number of sulfonamides is 1. The number of aliphatic imine (C=N–C) groups is 1. The summed E-state index contributed by atoms with van der Waals surface area (Å²) >= 11 is 0. The number of aromatic nitrogens is 1. The van der Waals surface area contributed by atoms with Gasteiger partial charge in [0.05, 0.1) is 21.9 Å². The standard InChI is InChI=1S/C35H36N4O3S/c1-24-19-25(2)22-39(21-24)23-26-13-15-28(16-14-26)36-34(27-9-5-3-6-10-27)33-31-20-30(17-18-32(31)37-35(33)40)43(41,42)38-29-11-7-4-8-12-29/h3-18,20,24-25,37-38,40H,19,21-23H2,1-2H3. The second kappa shape index (κ2) is 12.1. The number of H-pyrrole nitrogens is 1. The lowest BCUT2D eigenvalue weighted by Gasteiger charge is -2.35. The van der Waals surface area contributed by atoms with Crippen LogP contribution in [0.5, 0.6) is 5.88 Å². The van der Waals surface area contributed by atoms with Gasteiger partial charge in [-0.15, -0.1) is 0 Å². The number of benzene rings is 4. The van der Waals surface area contributed by atoms with Crippen molar-refractivity contribution < 1.29 is 13.5 Å². The highest BCUT2D eigenvalue weighted by Gasteiger charge is 2.23. The summed E-state index contributed by atoms with van der Waals surface area (Å²) in [5.74, 6) is 1.33. The molecule has 1 fully saturated rings. The summed E-state index contributed by atoms with van der Waals surface area (Å²) in [7, 11) is -3.88. The highest BCUT2D eigenvalue weighted by Crippen LogP contribution is 2.33. The van der Waals surface area contributed by atoms with Crippen molar-refractivity contribution >= 4 is 38.0 Å². The quantitative estimate of drug-likeness (QED) is 0.164. The van der Waals surface area contributed by atoms with E-state index in [1.54, 1.807) is 36.4 Å². The predicted molar refractivity (Wildman–Crippen MR) is 174 cm³/mol. The van der Waals surface area contributed by atoms with Gasteiger partial charge in [0.25, 0.3) is 10.0 Å². The summed E-state index contributed by atoms with van der Waals surface area (Å²) in [6, 6.07) is 31.4. The zero-order valence-electron chi connectivity index (χ0n) is 24.4. The number of fused-ring (bicyclic) bond motifs is 1. The Morgan fingerprint density at radius 1 is 0.907 bits per heavy atom. The second-order valence-corrected chi connectivity index (χ2v) is 13.3. The molecule has 6 rings (SSSR count). The van der Waals surface area contributed by atoms with Crippen LogP contribution in [-0.4, -0.2) is 42.2 Å². The summed E-state index contributed by atoms with van der Waals surface area (Å²) in [6.45, 7) is 7.77. The molecule has 8 heteroatoms. The Bertz CT molecular complexity index is 1840. The van der Waals surface area contributed by atoms with Crippen molar-refractivity contribution in [1.82, 2.24) is 9.88 Å². The SMILES string of the molecule is CC1CC(C)CN(Cc2ccc(N=C(c3ccccc3)c3c(O)[nH]c4ccc(S(=O)(=O)Nc5ccccc5)cc34)cc2)C1. The molecule has 0 spiro atoms. The molecule has 1 aliphatic rings. The second-order valence-electron chi connectivity index (χ2n) is 11.7. The van der Waals surface area contributed by atoms with Gasteiger partial charge >= 0.3 is 0 Å². The molecular formula is C35H36N4O3S. The molecule has 4 aromatic carbocycles. The lowest BCUT2D eigenvalue weighted by atomic mass is 9.91. The van der Waals surface area contributed by atoms with Gasteiger partial charge in [-0.25, -0.2) is 13.4 Å². The number of para-hydroxylation sites is 1. The van der Waals surface area contributed by atoms with Gasteiger partial charge in [0.2, 0.25) is 0 Å². The number of hydrogen-bond donors (Lipinski definition) is 3. The van der Waals surface area contributed by atoms with E-state index in [9.17, 15) is 13.5 Å². The molecule has 2 heterocycles. The first kappa shape index (κ1) is 28.7. The molecule has 1 saturated heterocycles. The molecule has 2 atom stereocenters. The summed E-state index contributed by atoms with van der Waals surface area (Å²) in [4.78, 5) is 10.6. The third-order valence-electron chi connectivity index (χ3n) is 7.90. The van der Waals surface area contributed by atoms with E-state index in [0.29, 0.717) is 39.7 Å². The monoisotopic (exact) mass is 592 g/mol. The third-order valence-corrected chi connectivity index (χ3v) is 9.28. The Morgan fingerprint density at radius 2 is 1.56 bits per heavy atom. The Balaban J connectivity index is 1.37. The maximum atomic E-state index is 13.3. The number of piperidine rings is 1. The molecule has 43 heavy (non-hydrogen) atoms. The van der Waals surface area contributed by atoms with E-state index >= 15 is 0 Å². The van der Waals surface area contributed by atoms with Crippen molar-refractivity contribution in [2.45, 2.75) is 31.7 Å². The van der Waals surface area contributed by atoms with Gasteiger partial charge in [0.1, 0.15) is 0 Å². The average Bonchev–Trinajstić information content (AvgIpc) is 3.31. The zero-order valence-corrected chi connectivity index (χ0v) is 25.2. The first-order valence-corrected chi connectivity index (χ1v) is 16.1. The van der Waals surface area contributed by atoms with Crippen LogP contribution in [-0.2, 0) is 16.6 Å². The minimum Gasteiger partial charge on any atom is -0.494 e. The number of aromatic hydroxyl groups is 1. The minimum absolute atomic E-state index is 0.0758. The fourth-order valence-electron chi connectivity index (χ4n) is 6.13. The topological polar surface area (TPSA) is 97.8 Å². The van der Waals surface area contributed by atoms with Gasteiger partial charge in [-0.2, -0.15) is 0 Å². The van der Waals surface area contributed by atoms with Gasteiger partial charge < -0.3 is 10.1 Å². The van der Waals surface area contributed by atoms with Crippen LogP contribution in [0.25, 0.3) is 10.9 Å². The van der Waals surface area contributed by atoms with E-state index in [4.69, 9.17) is 4.99 Å². The lowest BCUT2D eigenvalue weighted by molar-refractivity contribution is 0.134. The molecule has 1 aromatic heterocycles. The summed E-state index contributed by atoms with van der Waals surface area (Å²) < 4.78 is 29.2. The number of nitrogens with one attached hydrogen (secondary N) is 2. The van der Waals surface area contributed by atoms with E-state index in [0.717, 1.165) is 30.9 Å². The van der Waals surface area contributed by atoms with E-state index in [2.05, 4.69) is 40.6 Å². The van der Waals surface area contributed by atoms with Crippen molar-refractivity contribution in [3.05, 3.63) is 120 Å². The van der Waals surface area contributed by atoms with Gasteiger partial charge in [-0.1, -0.05) is 74.5 Å². The molecule has 5 aromatic rings. The maximum absolute atomic E-state index is 13.3. The first-order valence-electron chi connectivity index (χ1n) is 14.6. The highest BCUT2D eigenvalue weighted by atomic mass is 32.2. The Hall–Kier alpha value is -4.40. The van der Waals surface area contributed by atoms with Crippen molar-refractivity contribution in [2.24, 2.45) is 16.8 Å². The smallest absolute Gasteiger partial charge is 0.261 e. The van der Waals surface area contributed by atoms with Gasteiger partial charge in [0.15, 0.2) is 5.88 Å². The molecule has 0 aliphatic carbocycles. The van der Waals surface area contributed by atoms with Crippen LogP contribution in [0.3, 0.4) is 0 Å². The fraction of sp³-hybridized carbons (Fsp3) is 0.229. The molecule has 220 valence electrons. The van der Waals surface area contributed by atoms with E-state index in [-0.39, 0.29) is 10.8 Å². The van der Waals surface area contributed by atoms with Crippen LogP contribution in [0.1, 0.15) is 37.0 Å². The molecule has 0 amide bonds. The first-order chi connectivity index (χ1) is 20.7. The molecular weight excluding hydrogens is 556 g/mol. The number of aromatic amines is 1. The molecule has 1 aliphatic heterocycles. The van der Waals surface area contributed by atoms with Crippen LogP contribution >= 0.6 is 0 Å². The summed E-state index contributed by atoms with van der Waals surface area (Å²) in [5.41, 5.74) is 4.84. The van der Waals surface area contributed by atoms with Crippen LogP contribution in [0.4, 0.5) is 11.4 Å². The molecule has 0 bridgehead atoms. The van der Waals surface area contributed by atoms with Crippen LogP contribution in [0.2, 0.25) is 0 Å². The lowest BCUT2D eigenvalue weighted by Crippen LogP contribution is -2.38. The van der Waals surface area contributed by atoms with Gasteiger partial charge in [-0.3, -0.25) is 9.62 Å². The number of hydrogen-bond acceptors (Lipinski definition) is 5. The largest absolute Gasteiger partial charge is 0.494 e. The van der Waals surface area contributed by atoms with Gasteiger partial charge in [0, 0.05) is 41.8 Å². The minimum atomic E-state index is -3.88. The maximum Gasteiger partial charge on any atom is 0.261 e. The molecule has 0 radical (unpaired) electrons. The van der Waals surface area contributed by atoms with E-state index in [1.807, 2.05) is 48.5 Å². The predicted octanol–water partition coefficient (Wildman–Crippen LogP) is 7.32. The Morgan fingerprint density at radius 3 is 2.23 bits per heavy atom. The average molecular weight is 593 g/mol. The molecule has 0 saturated carbocycles. The molecule has 7 nitrogen and oxygen atoms in total. The van der Waals surface area contributed by atoms with E-state index < -0.39 is 10.0 Å².